The van der Waals surface area contributed by atoms with E-state index in [2.05, 4.69) is 5.32 Å². The number of nitrogens with one attached hydrogen (secondary N) is 1. The van der Waals surface area contributed by atoms with E-state index in [4.69, 9.17) is 26.2 Å². The molecule has 0 unspecified atom stereocenters. The van der Waals surface area contributed by atoms with Crippen LogP contribution in [0.1, 0.15) is 22.5 Å². The molecule has 1 aromatic heterocycles. The van der Waals surface area contributed by atoms with Gasteiger partial charge in [0, 0.05) is 24.3 Å². The van der Waals surface area contributed by atoms with Crippen LogP contribution in [0.4, 0.5) is 16.2 Å². The van der Waals surface area contributed by atoms with E-state index >= 15 is 0 Å². The van der Waals surface area contributed by atoms with E-state index in [-0.39, 0.29) is 31.5 Å². The average molecular weight is 453 g/mol. The molecular formula is C20H21ClN2O6S. The lowest BCUT2D eigenvalue weighted by atomic mass is 10.1. The number of nitrogens with zero attached hydrogens (tertiary/aromatic N) is 1. The standard InChI is InChI=1S/C20H21ClN2O6S/c21-18-8-7-17(30-18)16(24)6-5-15-11-23(20(27)29-15)14-3-1-13(2-4-14)22-9-10-28-12-19(25)26/h1-4,7-8,15,22H,5-6,9-12H2,(H,25,26)/t15-/m0/s1. The van der Waals surface area contributed by atoms with E-state index in [0.29, 0.717) is 34.4 Å². The largest absolute Gasteiger partial charge is 0.480 e. The van der Waals surface area contributed by atoms with Gasteiger partial charge < -0.3 is 19.9 Å². The minimum absolute atomic E-state index is 0.0100. The number of amides is 1. The van der Waals surface area contributed by atoms with Crippen LogP contribution in [0.25, 0.3) is 0 Å². The maximum Gasteiger partial charge on any atom is 0.414 e. The Bertz CT molecular complexity index is 901. The molecule has 160 valence electrons. The van der Waals surface area contributed by atoms with E-state index in [1.165, 1.54) is 16.2 Å². The van der Waals surface area contributed by atoms with E-state index in [1.54, 1.807) is 24.3 Å². The van der Waals surface area contributed by atoms with Crippen molar-refractivity contribution in [3.8, 4) is 0 Å². The molecule has 1 fully saturated rings. The zero-order valence-corrected chi connectivity index (χ0v) is 17.6. The molecule has 2 aromatic rings. The topological polar surface area (TPSA) is 105 Å². The van der Waals surface area contributed by atoms with E-state index in [1.807, 2.05) is 12.1 Å². The van der Waals surface area contributed by atoms with Crippen molar-refractivity contribution in [2.24, 2.45) is 0 Å². The molecule has 2 heterocycles. The summed E-state index contributed by atoms with van der Waals surface area (Å²) in [4.78, 5) is 36.9. The number of rotatable bonds is 11. The van der Waals surface area contributed by atoms with E-state index < -0.39 is 12.1 Å². The van der Waals surface area contributed by atoms with Crippen LogP contribution >= 0.6 is 22.9 Å². The molecule has 1 saturated heterocycles. The summed E-state index contributed by atoms with van der Waals surface area (Å²) in [5.41, 5.74) is 1.52. The average Bonchev–Trinajstić information content (AvgIpc) is 3.32. The number of carbonyl (C=O) groups excluding carboxylic acids is 2. The molecule has 2 N–H and O–H groups in total. The number of thiophene rings is 1. The number of carbonyl (C=O) groups is 3. The van der Waals surface area contributed by atoms with Gasteiger partial charge in [0.05, 0.1) is 22.4 Å². The fourth-order valence-corrected chi connectivity index (χ4v) is 3.96. The van der Waals surface area contributed by atoms with Gasteiger partial charge >= 0.3 is 12.1 Å². The number of hydrogen-bond donors (Lipinski definition) is 2. The number of halogens is 1. The van der Waals surface area contributed by atoms with Crippen molar-refractivity contribution < 1.29 is 29.0 Å². The summed E-state index contributed by atoms with van der Waals surface area (Å²) in [5.74, 6) is -1.01. The lowest BCUT2D eigenvalue weighted by molar-refractivity contribution is -0.142. The Kier molecular flexibility index (Phi) is 7.67. The maximum absolute atomic E-state index is 12.2. The van der Waals surface area contributed by atoms with Crippen LogP contribution in [0, 0.1) is 0 Å². The lowest BCUT2D eigenvalue weighted by Crippen LogP contribution is -2.24. The van der Waals surface area contributed by atoms with Crippen molar-refractivity contribution in [1.29, 1.82) is 0 Å². The number of ether oxygens (including phenoxy) is 2. The zero-order chi connectivity index (χ0) is 21.5. The first kappa shape index (κ1) is 22.1. The van der Waals surface area contributed by atoms with E-state index in [9.17, 15) is 14.4 Å². The summed E-state index contributed by atoms with van der Waals surface area (Å²) in [5, 5.41) is 11.6. The third-order valence-corrected chi connectivity index (χ3v) is 5.67. The van der Waals surface area contributed by atoms with Gasteiger partial charge in [-0.1, -0.05) is 11.6 Å². The van der Waals surface area contributed by atoms with Gasteiger partial charge in [0.15, 0.2) is 5.78 Å². The van der Waals surface area contributed by atoms with Gasteiger partial charge in [-0.3, -0.25) is 9.69 Å². The van der Waals surface area contributed by atoms with Gasteiger partial charge in [0.1, 0.15) is 12.7 Å². The highest BCUT2D eigenvalue weighted by atomic mass is 35.5. The number of ketones is 1. The quantitative estimate of drug-likeness (QED) is 0.393. The third-order valence-electron chi connectivity index (χ3n) is 4.40. The van der Waals surface area contributed by atoms with Crippen LogP contribution in [0.3, 0.4) is 0 Å². The van der Waals surface area contributed by atoms with Gasteiger partial charge in [-0.2, -0.15) is 0 Å². The molecule has 1 amide bonds. The Balaban J connectivity index is 1.45. The summed E-state index contributed by atoms with van der Waals surface area (Å²) in [7, 11) is 0. The summed E-state index contributed by atoms with van der Waals surface area (Å²) in [6, 6.07) is 10.6. The van der Waals surface area contributed by atoms with Crippen LogP contribution in [-0.4, -0.2) is 55.4 Å². The Morgan fingerprint density at radius 1 is 1.27 bits per heavy atom. The van der Waals surface area contributed by atoms with Crippen molar-refractivity contribution >= 4 is 52.2 Å². The molecule has 10 heteroatoms. The molecule has 0 saturated carbocycles. The van der Waals surface area contributed by atoms with Crippen LogP contribution < -0.4 is 10.2 Å². The number of benzene rings is 1. The fourth-order valence-electron chi connectivity index (χ4n) is 2.95. The first-order chi connectivity index (χ1) is 14.4. The Morgan fingerprint density at radius 2 is 2.03 bits per heavy atom. The smallest absolute Gasteiger partial charge is 0.414 e. The minimum atomic E-state index is -1.00. The summed E-state index contributed by atoms with van der Waals surface area (Å²) in [6.07, 6.45) is -0.0439. The Labute approximate surface area is 182 Å². The normalized spacial score (nSPS) is 15.8. The second kappa shape index (κ2) is 10.4. The van der Waals surface area contributed by atoms with Crippen LogP contribution in [0.5, 0.6) is 0 Å². The summed E-state index contributed by atoms with van der Waals surface area (Å²) < 4.78 is 10.9. The predicted molar refractivity (Wildman–Crippen MR) is 114 cm³/mol. The second-order valence-electron chi connectivity index (χ2n) is 6.60. The molecule has 1 aliphatic rings. The first-order valence-electron chi connectivity index (χ1n) is 9.32. The number of carboxylic acid groups (broad SMARTS) is 1. The first-order valence-corrected chi connectivity index (χ1v) is 10.5. The van der Waals surface area contributed by atoms with Gasteiger partial charge in [0.2, 0.25) is 0 Å². The number of carboxylic acids is 1. The highest BCUT2D eigenvalue weighted by Crippen LogP contribution is 2.27. The molecule has 0 spiro atoms. The molecule has 0 aliphatic carbocycles. The Morgan fingerprint density at radius 3 is 2.70 bits per heavy atom. The van der Waals surface area contributed by atoms with Crippen molar-refractivity contribution in [1.82, 2.24) is 0 Å². The molecular weight excluding hydrogens is 432 g/mol. The summed E-state index contributed by atoms with van der Waals surface area (Å²) in [6.45, 7) is 0.785. The molecule has 8 nitrogen and oxygen atoms in total. The fraction of sp³-hybridized carbons (Fsp3) is 0.350. The number of anilines is 2. The van der Waals surface area contributed by atoms with Gasteiger partial charge in [-0.25, -0.2) is 9.59 Å². The number of Topliss-reactive ketones (excluding diaryl/α,β-unsaturated/α-hetero) is 1. The molecule has 1 aliphatic heterocycles. The van der Waals surface area contributed by atoms with Crippen molar-refractivity contribution in [2.75, 3.05) is 36.5 Å². The van der Waals surface area contributed by atoms with Crippen molar-refractivity contribution in [3.05, 3.63) is 45.6 Å². The lowest BCUT2D eigenvalue weighted by Gasteiger charge is -2.14. The number of cyclic esters (lactones) is 1. The highest BCUT2D eigenvalue weighted by Gasteiger charge is 2.32. The molecule has 0 bridgehead atoms. The second-order valence-corrected chi connectivity index (χ2v) is 8.32. The highest BCUT2D eigenvalue weighted by molar-refractivity contribution is 7.18. The van der Waals surface area contributed by atoms with Crippen LogP contribution in [0.2, 0.25) is 4.34 Å². The number of hydrogen-bond acceptors (Lipinski definition) is 7. The summed E-state index contributed by atoms with van der Waals surface area (Å²) >= 11 is 7.11. The van der Waals surface area contributed by atoms with Gasteiger partial charge in [-0.15, -0.1) is 11.3 Å². The SMILES string of the molecule is O=C(O)COCCNc1ccc(N2C[C@H](CCC(=O)c3ccc(Cl)s3)OC2=O)cc1. The third kappa shape index (κ3) is 6.19. The number of aliphatic carboxylic acids is 1. The maximum atomic E-state index is 12.2. The van der Waals surface area contributed by atoms with Crippen LogP contribution in [0.15, 0.2) is 36.4 Å². The minimum Gasteiger partial charge on any atom is -0.480 e. The van der Waals surface area contributed by atoms with Crippen LogP contribution in [-0.2, 0) is 14.3 Å². The van der Waals surface area contributed by atoms with Crippen molar-refractivity contribution in [3.63, 3.8) is 0 Å². The molecule has 3 rings (SSSR count). The molecule has 1 aromatic carbocycles. The van der Waals surface area contributed by atoms with Gasteiger partial charge in [-0.05, 0) is 42.8 Å². The molecule has 1 atom stereocenters. The Hall–Kier alpha value is -2.62. The monoisotopic (exact) mass is 452 g/mol. The van der Waals surface area contributed by atoms with Crippen molar-refractivity contribution in [2.45, 2.75) is 18.9 Å². The van der Waals surface area contributed by atoms with E-state index in [0.717, 1.165) is 5.69 Å². The van der Waals surface area contributed by atoms with Gasteiger partial charge in [0.25, 0.3) is 0 Å². The molecule has 30 heavy (non-hydrogen) atoms. The molecule has 0 radical (unpaired) electrons. The predicted octanol–water partition coefficient (Wildman–Crippen LogP) is 3.90. The zero-order valence-electron chi connectivity index (χ0n) is 16.0.